The van der Waals surface area contributed by atoms with Gasteiger partial charge in [-0.3, -0.25) is 4.90 Å². The maximum atomic E-state index is 5.48. The van der Waals surface area contributed by atoms with E-state index in [0.717, 1.165) is 5.69 Å². The van der Waals surface area contributed by atoms with Gasteiger partial charge in [-0.1, -0.05) is 0 Å². The molecule has 1 aromatic heterocycles. The second kappa shape index (κ2) is 5.33. The van der Waals surface area contributed by atoms with Gasteiger partial charge in [-0.05, 0) is 39.7 Å². The summed E-state index contributed by atoms with van der Waals surface area (Å²) in [6, 6.07) is 3.03. The molecule has 0 aromatic carbocycles. The van der Waals surface area contributed by atoms with Crippen molar-refractivity contribution < 1.29 is 4.74 Å². The van der Waals surface area contributed by atoms with Crippen molar-refractivity contribution >= 4 is 5.95 Å². The van der Waals surface area contributed by atoms with E-state index in [1.165, 1.54) is 32.4 Å². The molecule has 0 radical (unpaired) electrons. The van der Waals surface area contributed by atoms with Crippen molar-refractivity contribution in [1.82, 2.24) is 14.9 Å². The van der Waals surface area contributed by atoms with Gasteiger partial charge in [0.15, 0.2) is 0 Å². The zero-order valence-corrected chi connectivity index (χ0v) is 11.7. The monoisotopic (exact) mass is 262 g/mol. The fourth-order valence-electron chi connectivity index (χ4n) is 3.24. The van der Waals surface area contributed by atoms with Crippen LogP contribution in [-0.2, 0) is 0 Å². The van der Waals surface area contributed by atoms with Crippen LogP contribution in [0.15, 0.2) is 6.07 Å². The smallest absolute Gasteiger partial charge is 0.226 e. The predicted molar refractivity (Wildman–Crippen MR) is 74.6 cm³/mol. The van der Waals surface area contributed by atoms with E-state index >= 15 is 0 Å². The second-order valence-electron chi connectivity index (χ2n) is 5.39. The minimum absolute atomic E-state index is 0.485. The highest BCUT2D eigenvalue weighted by atomic mass is 16.5. The van der Waals surface area contributed by atoms with Gasteiger partial charge in [0.1, 0.15) is 0 Å². The number of anilines is 1. The van der Waals surface area contributed by atoms with E-state index < -0.39 is 0 Å². The van der Waals surface area contributed by atoms with Gasteiger partial charge in [0.2, 0.25) is 11.8 Å². The fraction of sp³-hybridized carbons (Fsp3) is 0.714. The lowest BCUT2D eigenvalue weighted by molar-refractivity contribution is 0.317. The average molecular weight is 262 g/mol. The van der Waals surface area contributed by atoms with Crippen LogP contribution in [0, 0.1) is 6.92 Å². The zero-order chi connectivity index (χ0) is 13.2. The maximum Gasteiger partial charge on any atom is 0.226 e. The largest absolute Gasteiger partial charge is 0.478 e. The van der Waals surface area contributed by atoms with Crippen LogP contribution < -0.4 is 10.1 Å². The summed E-state index contributed by atoms with van der Waals surface area (Å²) >= 11 is 0. The minimum atomic E-state index is 0.485. The first-order valence-corrected chi connectivity index (χ1v) is 7.25. The third kappa shape index (κ3) is 2.66. The number of hydrogen-bond donors (Lipinski definition) is 1. The molecular weight excluding hydrogens is 240 g/mol. The molecule has 2 unspecified atom stereocenters. The topological polar surface area (TPSA) is 50.3 Å². The Bertz CT molecular complexity index is 451. The molecule has 0 bridgehead atoms. The molecule has 2 aliphatic heterocycles. The number of fused-ring (bicyclic) bond motifs is 1. The van der Waals surface area contributed by atoms with Crippen molar-refractivity contribution in [2.24, 2.45) is 0 Å². The Morgan fingerprint density at radius 3 is 3.11 bits per heavy atom. The standard InChI is InChI=1S/C14H22N4O/c1-3-19-13-9-10(2)15-14(17-13)16-11-6-8-18-7-4-5-12(11)18/h9,11-12H,3-8H2,1-2H3,(H,15,16,17). The molecule has 0 aliphatic carbocycles. The molecule has 0 spiro atoms. The molecule has 1 aromatic rings. The fourth-order valence-corrected chi connectivity index (χ4v) is 3.24. The van der Waals surface area contributed by atoms with Crippen LogP contribution in [0.3, 0.4) is 0 Å². The van der Waals surface area contributed by atoms with E-state index in [1.54, 1.807) is 0 Å². The van der Waals surface area contributed by atoms with Gasteiger partial charge in [-0.25, -0.2) is 4.98 Å². The molecule has 104 valence electrons. The predicted octanol–water partition coefficient (Wildman–Crippen LogP) is 1.83. The summed E-state index contributed by atoms with van der Waals surface area (Å²) in [6.07, 6.45) is 3.80. The van der Waals surface area contributed by atoms with E-state index in [2.05, 4.69) is 20.2 Å². The molecule has 2 fully saturated rings. The van der Waals surface area contributed by atoms with E-state index in [-0.39, 0.29) is 0 Å². The summed E-state index contributed by atoms with van der Waals surface area (Å²) in [4.78, 5) is 11.5. The Labute approximate surface area is 114 Å². The van der Waals surface area contributed by atoms with Crippen LogP contribution in [0.5, 0.6) is 5.88 Å². The van der Waals surface area contributed by atoms with Crippen molar-refractivity contribution in [2.75, 3.05) is 25.0 Å². The van der Waals surface area contributed by atoms with Crippen molar-refractivity contribution in [1.29, 1.82) is 0 Å². The molecule has 5 nitrogen and oxygen atoms in total. The molecule has 0 saturated carbocycles. The first-order chi connectivity index (χ1) is 9.26. The molecule has 2 aliphatic rings. The third-order valence-electron chi connectivity index (χ3n) is 4.04. The maximum absolute atomic E-state index is 5.48. The number of aromatic nitrogens is 2. The first-order valence-electron chi connectivity index (χ1n) is 7.25. The van der Waals surface area contributed by atoms with Gasteiger partial charge in [-0.15, -0.1) is 0 Å². The average Bonchev–Trinajstić information content (AvgIpc) is 2.94. The zero-order valence-electron chi connectivity index (χ0n) is 11.7. The second-order valence-corrected chi connectivity index (χ2v) is 5.39. The van der Waals surface area contributed by atoms with Gasteiger partial charge < -0.3 is 10.1 Å². The summed E-state index contributed by atoms with van der Waals surface area (Å²) in [5.41, 5.74) is 0.947. The Balaban J connectivity index is 1.72. The van der Waals surface area contributed by atoms with Crippen LogP contribution in [0.2, 0.25) is 0 Å². The lowest BCUT2D eigenvalue weighted by atomic mass is 10.1. The number of ether oxygens (including phenoxy) is 1. The van der Waals surface area contributed by atoms with Gasteiger partial charge >= 0.3 is 0 Å². The van der Waals surface area contributed by atoms with Gasteiger partial charge in [-0.2, -0.15) is 4.98 Å². The van der Waals surface area contributed by atoms with E-state index in [9.17, 15) is 0 Å². The number of nitrogens with zero attached hydrogens (tertiary/aromatic N) is 3. The Morgan fingerprint density at radius 2 is 2.26 bits per heavy atom. The third-order valence-corrected chi connectivity index (χ3v) is 4.04. The molecule has 2 atom stereocenters. The number of rotatable bonds is 4. The summed E-state index contributed by atoms with van der Waals surface area (Å²) in [5.74, 6) is 1.38. The Morgan fingerprint density at radius 1 is 1.37 bits per heavy atom. The SMILES string of the molecule is CCOc1cc(C)nc(NC2CCN3CCCC23)n1. The van der Waals surface area contributed by atoms with Gasteiger partial charge in [0.25, 0.3) is 0 Å². The molecule has 1 N–H and O–H groups in total. The highest BCUT2D eigenvalue weighted by Crippen LogP contribution is 2.29. The van der Waals surface area contributed by atoms with Crippen LogP contribution in [0.1, 0.15) is 31.9 Å². The number of hydrogen-bond acceptors (Lipinski definition) is 5. The van der Waals surface area contributed by atoms with Crippen molar-refractivity contribution in [2.45, 2.75) is 45.2 Å². The normalized spacial score (nSPS) is 26.4. The number of aryl methyl sites for hydroxylation is 1. The molecule has 3 rings (SSSR count). The highest BCUT2D eigenvalue weighted by molar-refractivity contribution is 5.33. The quantitative estimate of drug-likeness (QED) is 0.897. The van der Waals surface area contributed by atoms with Crippen LogP contribution in [-0.4, -0.2) is 46.6 Å². The van der Waals surface area contributed by atoms with E-state index in [4.69, 9.17) is 4.74 Å². The van der Waals surface area contributed by atoms with Crippen molar-refractivity contribution in [3.8, 4) is 5.88 Å². The van der Waals surface area contributed by atoms with E-state index in [1.807, 2.05) is 19.9 Å². The van der Waals surface area contributed by atoms with Crippen molar-refractivity contribution in [3.05, 3.63) is 11.8 Å². The first kappa shape index (κ1) is 12.7. The van der Waals surface area contributed by atoms with Gasteiger partial charge in [0.05, 0.1) is 6.61 Å². The van der Waals surface area contributed by atoms with Gasteiger partial charge in [0, 0.05) is 30.4 Å². The summed E-state index contributed by atoms with van der Waals surface area (Å²) in [6.45, 7) is 7.04. The molecular formula is C14H22N4O. The highest BCUT2D eigenvalue weighted by Gasteiger charge is 2.37. The summed E-state index contributed by atoms with van der Waals surface area (Å²) in [7, 11) is 0. The lowest BCUT2D eigenvalue weighted by Crippen LogP contribution is -2.34. The van der Waals surface area contributed by atoms with Crippen molar-refractivity contribution in [3.63, 3.8) is 0 Å². The molecule has 3 heterocycles. The summed E-state index contributed by atoms with van der Waals surface area (Å²) < 4.78 is 5.48. The Hall–Kier alpha value is -1.36. The van der Waals surface area contributed by atoms with Crippen LogP contribution in [0.4, 0.5) is 5.95 Å². The Kier molecular flexibility index (Phi) is 3.55. The molecule has 5 heteroatoms. The molecule has 2 saturated heterocycles. The molecule has 0 amide bonds. The minimum Gasteiger partial charge on any atom is -0.478 e. The lowest BCUT2D eigenvalue weighted by Gasteiger charge is -2.21. The van der Waals surface area contributed by atoms with Crippen LogP contribution in [0.25, 0.3) is 0 Å². The van der Waals surface area contributed by atoms with E-state index in [0.29, 0.717) is 30.5 Å². The number of nitrogens with one attached hydrogen (secondary N) is 1. The molecule has 19 heavy (non-hydrogen) atoms. The van der Waals surface area contributed by atoms with Crippen LogP contribution >= 0.6 is 0 Å². The summed E-state index contributed by atoms with van der Waals surface area (Å²) in [5, 5.41) is 3.51.